The van der Waals surface area contributed by atoms with Crippen molar-refractivity contribution in [2.45, 2.75) is 18.6 Å². The molecule has 0 spiro atoms. The van der Waals surface area contributed by atoms with E-state index in [1.54, 1.807) is 0 Å². The second-order valence-corrected chi connectivity index (χ2v) is 5.78. The summed E-state index contributed by atoms with van der Waals surface area (Å²) in [6.07, 6.45) is 3.87. The first kappa shape index (κ1) is 16.1. The number of ether oxygens (including phenoxy) is 6. The molecule has 23 heavy (non-hydrogen) atoms. The zero-order valence-electron chi connectivity index (χ0n) is 12.7. The van der Waals surface area contributed by atoms with Crippen LogP contribution in [0, 0.1) is 11.8 Å². The summed E-state index contributed by atoms with van der Waals surface area (Å²) >= 11 is 0. The van der Waals surface area contributed by atoms with Crippen molar-refractivity contribution in [3.63, 3.8) is 0 Å². The van der Waals surface area contributed by atoms with Gasteiger partial charge >= 0.3 is 17.7 Å². The average molecular weight is 328 g/mol. The van der Waals surface area contributed by atoms with Crippen LogP contribution in [0.15, 0.2) is 12.5 Å². The van der Waals surface area contributed by atoms with Gasteiger partial charge in [0.1, 0.15) is 12.5 Å². The number of hydrogen-bond acceptors (Lipinski definition) is 8. The fourth-order valence-corrected chi connectivity index (χ4v) is 2.56. The molecule has 3 aliphatic heterocycles. The Balaban J connectivity index is 1.54. The van der Waals surface area contributed by atoms with Gasteiger partial charge in [0.15, 0.2) is 0 Å². The van der Waals surface area contributed by atoms with Gasteiger partial charge in [-0.2, -0.15) is 0 Å². The third-order valence-corrected chi connectivity index (χ3v) is 4.01. The highest BCUT2D eigenvalue weighted by molar-refractivity contribution is 6.02. The molecule has 2 unspecified atom stereocenters. The maximum Gasteiger partial charge on any atom is 0.452 e. The maximum atomic E-state index is 12.3. The summed E-state index contributed by atoms with van der Waals surface area (Å²) in [5, 5.41) is 0. The van der Waals surface area contributed by atoms with Crippen molar-refractivity contribution < 1.29 is 38.0 Å². The first-order valence-electron chi connectivity index (χ1n) is 7.71. The highest BCUT2D eigenvalue weighted by Gasteiger charge is 2.56. The lowest BCUT2D eigenvalue weighted by atomic mass is 10.1. The van der Waals surface area contributed by atoms with Crippen LogP contribution in [0.5, 0.6) is 0 Å². The van der Waals surface area contributed by atoms with Gasteiger partial charge < -0.3 is 28.4 Å². The minimum atomic E-state index is -2.20. The van der Waals surface area contributed by atoms with E-state index in [-0.39, 0.29) is 25.0 Å². The summed E-state index contributed by atoms with van der Waals surface area (Å²) in [5.74, 6) is -3.78. The molecule has 2 saturated heterocycles. The van der Waals surface area contributed by atoms with E-state index in [0.29, 0.717) is 26.4 Å². The van der Waals surface area contributed by atoms with Crippen molar-refractivity contribution in [2.75, 3.05) is 39.6 Å². The van der Waals surface area contributed by atoms with Crippen LogP contribution in [0.3, 0.4) is 0 Å². The predicted molar refractivity (Wildman–Crippen MR) is 73.8 cm³/mol. The molecule has 0 saturated carbocycles. The first-order valence-corrected chi connectivity index (χ1v) is 7.71. The third-order valence-electron chi connectivity index (χ3n) is 4.01. The maximum absolute atomic E-state index is 12.3. The summed E-state index contributed by atoms with van der Waals surface area (Å²) in [6, 6.07) is 0. The van der Waals surface area contributed by atoms with E-state index in [4.69, 9.17) is 28.4 Å². The van der Waals surface area contributed by atoms with Crippen LogP contribution in [0.2, 0.25) is 0 Å². The Kier molecular flexibility index (Phi) is 5.02. The average Bonchev–Trinajstić information content (AvgIpc) is 3.33. The number of rotatable bonds is 6. The zero-order chi connectivity index (χ0) is 16.1. The van der Waals surface area contributed by atoms with Gasteiger partial charge in [-0.05, 0) is 12.8 Å². The molecule has 0 aromatic heterocycles. The zero-order valence-corrected chi connectivity index (χ0v) is 12.7. The monoisotopic (exact) mass is 328 g/mol. The Morgan fingerprint density at radius 1 is 0.913 bits per heavy atom. The standard InChI is InChI=1S/C15H20O8/c16-13(20-9-11-1-3-18-7-11)15(22-5-6-23-15)14(17)21-10-12-2-4-19-8-12/h5-6,11-12H,1-4,7-10H2. The molecule has 0 bridgehead atoms. The summed E-state index contributed by atoms with van der Waals surface area (Å²) in [4.78, 5) is 24.6. The van der Waals surface area contributed by atoms with Crippen LogP contribution in [-0.4, -0.2) is 57.4 Å². The summed E-state index contributed by atoms with van der Waals surface area (Å²) < 4.78 is 30.9. The molecular formula is C15H20O8. The molecule has 3 rings (SSSR count). The molecule has 128 valence electrons. The van der Waals surface area contributed by atoms with Gasteiger partial charge in [0.05, 0.1) is 26.4 Å². The van der Waals surface area contributed by atoms with Crippen molar-refractivity contribution in [2.24, 2.45) is 11.8 Å². The van der Waals surface area contributed by atoms with Crippen molar-refractivity contribution in [3.05, 3.63) is 12.5 Å². The van der Waals surface area contributed by atoms with Gasteiger partial charge in [0, 0.05) is 25.0 Å². The van der Waals surface area contributed by atoms with Crippen LogP contribution < -0.4 is 0 Å². The normalized spacial score (nSPS) is 28.2. The van der Waals surface area contributed by atoms with Gasteiger partial charge in [-0.25, -0.2) is 9.59 Å². The highest BCUT2D eigenvalue weighted by Crippen LogP contribution is 2.26. The Hall–Kier alpha value is -1.80. The van der Waals surface area contributed by atoms with Crippen molar-refractivity contribution in [1.82, 2.24) is 0 Å². The van der Waals surface area contributed by atoms with E-state index in [9.17, 15) is 9.59 Å². The number of carbonyl (C=O) groups excluding carboxylic acids is 2. The summed E-state index contributed by atoms with van der Waals surface area (Å²) in [6.45, 7) is 2.66. The summed E-state index contributed by atoms with van der Waals surface area (Å²) in [7, 11) is 0. The minimum Gasteiger partial charge on any atom is -0.459 e. The predicted octanol–water partition coefficient (Wildman–Crippen LogP) is 0.360. The topological polar surface area (TPSA) is 89.5 Å². The van der Waals surface area contributed by atoms with Crippen molar-refractivity contribution in [3.8, 4) is 0 Å². The Morgan fingerprint density at radius 3 is 1.78 bits per heavy atom. The number of hydrogen-bond donors (Lipinski definition) is 0. The highest BCUT2D eigenvalue weighted by atomic mass is 16.8. The van der Waals surface area contributed by atoms with Gasteiger partial charge in [-0.3, -0.25) is 0 Å². The largest absolute Gasteiger partial charge is 0.459 e. The van der Waals surface area contributed by atoms with E-state index in [1.807, 2.05) is 0 Å². The molecule has 8 heteroatoms. The smallest absolute Gasteiger partial charge is 0.452 e. The van der Waals surface area contributed by atoms with E-state index in [1.165, 1.54) is 0 Å². The van der Waals surface area contributed by atoms with E-state index < -0.39 is 17.7 Å². The fraction of sp³-hybridized carbons (Fsp3) is 0.733. The van der Waals surface area contributed by atoms with Gasteiger partial charge in [-0.1, -0.05) is 0 Å². The minimum absolute atomic E-state index is 0.122. The third kappa shape index (κ3) is 3.59. The second kappa shape index (κ2) is 7.18. The molecule has 0 radical (unpaired) electrons. The van der Waals surface area contributed by atoms with Crippen LogP contribution in [0.25, 0.3) is 0 Å². The Morgan fingerprint density at radius 2 is 1.39 bits per heavy atom. The van der Waals surface area contributed by atoms with E-state index >= 15 is 0 Å². The van der Waals surface area contributed by atoms with E-state index in [2.05, 4.69) is 0 Å². The van der Waals surface area contributed by atoms with Crippen LogP contribution >= 0.6 is 0 Å². The van der Waals surface area contributed by atoms with Crippen LogP contribution in [0.1, 0.15) is 12.8 Å². The first-order chi connectivity index (χ1) is 11.2. The quantitative estimate of drug-likeness (QED) is 0.510. The van der Waals surface area contributed by atoms with E-state index in [0.717, 1.165) is 25.4 Å². The molecule has 8 nitrogen and oxygen atoms in total. The lowest BCUT2D eigenvalue weighted by Crippen LogP contribution is -2.50. The van der Waals surface area contributed by atoms with Gasteiger partial charge in [-0.15, -0.1) is 0 Å². The second-order valence-electron chi connectivity index (χ2n) is 5.78. The molecule has 3 aliphatic rings. The van der Waals surface area contributed by atoms with Gasteiger partial charge in [0.2, 0.25) is 0 Å². The van der Waals surface area contributed by atoms with Crippen LogP contribution in [0.4, 0.5) is 0 Å². The van der Waals surface area contributed by atoms with Crippen molar-refractivity contribution in [1.29, 1.82) is 0 Å². The molecule has 2 fully saturated rings. The SMILES string of the molecule is O=C(OCC1CCOC1)C1(C(=O)OCC2CCOC2)OC=CO1. The molecule has 0 amide bonds. The Labute approximate surface area is 133 Å². The number of esters is 2. The lowest BCUT2D eigenvalue weighted by Gasteiger charge is -2.24. The van der Waals surface area contributed by atoms with Gasteiger partial charge in [0.25, 0.3) is 0 Å². The van der Waals surface area contributed by atoms with Crippen LogP contribution in [-0.2, 0) is 38.0 Å². The molecule has 0 aromatic rings. The molecule has 0 N–H and O–H groups in total. The molecule has 3 heterocycles. The molecule has 0 aromatic carbocycles. The fourth-order valence-electron chi connectivity index (χ4n) is 2.56. The Bertz CT molecular complexity index is 420. The molecule has 0 aliphatic carbocycles. The number of carbonyl (C=O) groups is 2. The molecule has 2 atom stereocenters. The summed E-state index contributed by atoms with van der Waals surface area (Å²) in [5.41, 5.74) is 0. The lowest BCUT2D eigenvalue weighted by molar-refractivity contribution is -0.218. The molecular weight excluding hydrogens is 308 g/mol. The van der Waals surface area contributed by atoms with Crippen molar-refractivity contribution >= 4 is 11.9 Å².